The third-order valence-corrected chi connectivity index (χ3v) is 4.77. The summed E-state index contributed by atoms with van der Waals surface area (Å²) in [5, 5.41) is 0. The largest absolute Gasteiger partial charge is 0.453 e. The second-order valence-corrected chi connectivity index (χ2v) is 7.13. The van der Waals surface area contributed by atoms with Crippen LogP contribution in [0.25, 0.3) is 0 Å². The summed E-state index contributed by atoms with van der Waals surface area (Å²) in [7, 11) is 0. The maximum absolute atomic E-state index is 5.96. The van der Waals surface area contributed by atoms with Gasteiger partial charge >= 0.3 is 0 Å². The van der Waals surface area contributed by atoms with Crippen LogP contribution in [0.4, 0.5) is 0 Å². The molecule has 0 radical (unpaired) electrons. The van der Waals surface area contributed by atoms with E-state index in [1.165, 1.54) is 0 Å². The smallest absolute Gasteiger partial charge is 0.245 e. The Hall–Kier alpha value is -1.00. The zero-order valence-corrected chi connectivity index (χ0v) is 15.7. The molecule has 112 valence electrons. The van der Waals surface area contributed by atoms with Crippen LogP contribution in [0, 0.1) is 13.8 Å². The highest BCUT2D eigenvalue weighted by Gasteiger charge is 2.22. The molecule has 0 bridgehead atoms. The van der Waals surface area contributed by atoms with Crippen LogP contribution in [-0.4, -0.2) is 5.79 Å². The van der Waals surface area contributed by atoms with Crippen molar-refractivity contribution in [3.05, 3.63) is 56.5 Å². The summed E-state index contributed by atoms with van der Waals surface area (Å²) in [4.78, 5) is 0. The Morgan fingerprint density at radius 3 is 1.48 bits per heavy atom. The van der Waals surface area contributed by atoms with E-state index in [4.69, 9.17) is 9.47 Å². The molecule has 0 saturated heterocycles. The average molecular weight is 414 g/mol. The third-order valence-electron chi connectivity index (χ3n) is 2.99. The quantitative estimate of drug-likeness (QED) is 0.570. The number of aryl methyl sites for hydroxylation is 2. The van der Waals surface area contributed by atoms with Crippen LogP contribution in [-0.2, 0) is 0 Å². The minimum absolute atomic E-state index is 0.749. The van der Waals surface area contributed by atoms with Crippen molar-refractivity contribution in [1.29, 1.82) is 0 Å². The number of benzene rings is 2. The van der Waals surface area contributed by atoms with Crippen molar-refractivity contribution in [3.8, 4) is 11.5 Å². The zero-order chi connectivity index (χ0) is 15.6. The van der Waals surface area contributed by atoms with E-state index in [0.29, 0.717) is 0 Å². The van der Waals surface area contributed by atoms with Crippen LogP contribution >= 0.6 is 31.9 Å². The molecular weight excluding hydrogens is 396 g/mol. The highest BCUT2D eigenvalue weighted by molar-refractivity contribution is 9.10. The van der Waals surface area contributed by atoms with E-state index in [2.05, 4.69) is 31.9 Å². The Bertz CT molecular complexity index is 596. The van der Waals surface area contributed by atoms with Gasteiger partial charge in [0.25, 0.3) is 0 Å². The summed E-state index contributed by atoms with van der Waals surface area (Å²) in [5.74, 6) is 0.824. The van der Waals surface area contributed by atoms with E-state index in [1.807, 2.05) is 64.1 Å². The topological polar surface area (TPSA) is 18.5 Å². The van der Waals surface area contributed by atoms with Crippen molar-refractivity contribution < 1.29 is 9.47 Å². The molecule has 0 spiro atoms. The van der Waals surface area contributed by atoms with Crippen LogP contribution in [0.1, 0.15) is 25.0 Å². The van der Waals surface area contributed by atoms with Crippen LogP contribution in [0.5, 0.6) is 11.5 Å². The summed E-state index contributed by atoms with van der Waals surface area (Å²) in [6.45, 7) is 7.87. The van der Waals surface area contributed by atoms with Gasteiger partial charge in [-0.3, -0.25) is 0 Å². The summed E-state index contributed by atoms with van der Waals surface area (Å²) < 4.78 is 14.0. The summed E-state index contributed by atoms with van der Waals surface area (Å²) in [5.41, 5.74) is 2.26. The number of rotatable bonds is 4. The summed E-state index contributed by atoms with van der Waals surface area (Å²) in [6.07, 6.45) is 0. The molecule has 2 rings (SSSR count). The van der Waals surface area contributed by atoms with Gasteiger partial charge in [-0.15, -0.1) is 0 Å². The van der Waals surface area contributed by atoms with Crippen molar-refractivity contribution in [2.75, 3.05) is 0 Å². The molecule has 0 aliphatic heterocycles. The third kappa shape index (κ3) is 4.48. The van der Waals surface area contributed by atoms with Crippen molar-refractivity contribution in [2.45, 2.75) is 33.5 Å². The molecule has 2 aromatic carbocycles. The van der Waals surface area contributed by atoms with Gasteiger partial charge in [0.2, 0.25) is 5.79 Å². The first kappa shape index (κ1) is 16.4. The normalized spacial score (nSPS) is 11.3. The van der Waals surface area contributed by atoms with E-state index < -0.39 is 5.79 Å². The van der Waals surface area contributed by atoms with E-state index in [0.717, 1.165) is 31.6 Å². The number of ether oxygens (including phenoxy) is 2. The molecule has 0 atom stereocenters. The van der Waals surface area contributed by atoms with E-state index in [1.54, 1.807) is 0 Å². The molecule has 0 fully saturated rings. The van der Waals surface area contributed by atoms with Gasteiger partial charge < -0.3 is 9.47 Å². The second kappa shape index (κ2) is 6.41. The van der Waals surface area contributed by atoms with Gasteiger partial charge in [0, 0.05) is 22.8 Å². The lowest BCUT2D eigenvalue weighted by atomic mass is 10.2. The van der Waals surface area contributed by atoms with Crippen LogP contribution in [0.2, 0.25) is 0 Å². The van der Waals surface area contributed by atoms with E-state index in [9.17, 15) is 0 Å². The van der Waals surface area contributed by atoms with Crippen LogP contribution in [0.3, 0.4) is 0 Å². The standard InChI is InChI=1S/C17H18Br2O2/c1-11-9-13(5-7-15(11)18)20-17(3,4)21-14-6-8-16(19)12(2)10-14/h5-10H,1-4H3. The molecule has 0 aliphatic rings. The molecule has 0 aromatic heterocycles. The molecule has 2 nitrogen and oxygen atoms in total. The predicted octanol–water partition coefficient (Wildman–Crippen LogP) is 6.02. The predicted molar refractivity (Wildman–Crippen MR) is 93.1 cm³/mol. The zero-order valence-electron chi connectivity index (χ0n) is 12.5. The molecule has 0 aliphatic carbocycles. The Morgan fingerprint density at radius 2 is 1.14 bits per heavy atom. The molecule has 0 saturated carbocycles. The lowest BCUT2D eigenvalue weighted by Gasteiger charge is -2.28. The first-order valence-corrected chi connectivity index (χ1v) is 8.26. The Labute approximate surface area is 142 Å². The lowest BCUT2D eigenvalue weighted by molar-refractivity contribution is -0.0810. The van der Waals surface area contributed by atoms with Gasteiger partial charge in [-0.25, -0.2) is 0 Å². The van der Waals surface area contributed by atoms with Gasteiger partial charge in [-0.1, -0.05) is 31.9 Å². The minimum Gasteiger partial charge on any atom is -0.453 e. The molecule has 0 amide bonds. The van der Waals surface area contributed by atoms with Gasteiger partial charge in [0.1, 0.15) is 11.5 Å². The van der Waals surface area contributed by atoms with Crippen molar-refractivity contribution in [3.63, 3.8) is 0 Å². The molecule has 0 N–H and O–H groups in total. The van der Waals surface area contributed by atoms with Gasteiger partial charge in [-0.2, -0.15) is 0 Å². The van der Waals surface area contributed by atoms with E-state index >= 15 is 0 Å². The molecule has 21 heavy (non-hydrogen) atoms. The van der Waals surface area contributed by atoms with E-state index in [-0.39, 0.29) is 0 Å². The second-order valence-electron chi connectivity index (χ2n) is 5.43. The number of hydrogen-bond acceptors (Lipinski definition) is 2. The highest BCUT2D eigenvalue weighted by Crippen LogP contribution is 2.28. The average Bonchev–Trinajstić information content (AvgIpc) is 2.37. The summed E-state index contributed by atoms with van der Waals surface area (Å²) >= 11 is 6.97. The highest BCUT2D eigenvalue weighted by atomic mass is 79.9. The number of halogens is 2. The van der Waals surface area contributed by atoms with Crippen molar-refractivity contribution in [1.82, 2.24) is 0 Å². The van der Waals surface area contributed by atoms with Gasteiger partial charge in [0.05, 0.1) is 0 Å². The fourth-order valence-electron chi connectivity index (χ4n) is 1.95. The molecular formula is C17H18Br2O2. The Kier molecular flexibility index (Phi) is 4.99. The Morgan fingerprint density at radius 1 is 0.762 bits per heavy atom. The molecule has 2 aromatic rings. The monoisotopic (exact) mass is 412 g/mol. The van der Waals surface area contributed by atoms with Crippen LogP contribution < -0.4 is 9.47 Å². The lowest BCUT2D eigenvalue weighted by Crippen LogP contribution is -2.35. The molecule has 4 heteroatoms. The maximum atomic E-state index is 5.96. The SMILES string of the molecule is Cc1cc(OC(C)(C)Oc2ccc(Br)c(C)c2)ccc1Br. The first-order chi connectivity index (χ1) is 9.77. The fourth-order valence-corrected chi connectivity index (χ4v) is 2.44. The number of hydrogen-bond donors (Lipinski definition) is 0. The Balaban J connectivity index is 2.13. The van der Waals surface area contributed by atoms with Gasteiger partial charge in [-0.05, 0) is 61.4 Å². The fraction of sp³-hybridized carbons (Fsp3) is 0.294. The van der Waals surface area contributed by atoms with Crippen molar-refractivity contribution in [2.24, 2.45) is 0 Å². The molecule has 0 unspecified atom stereocenters. The first-order valence-electron chi connectivity index (χ1n) is 6.67. The van der Waals surface area contributed by atoms with Gasteiger partial charge in [0.15, 0.2) is 0 Å². The summed E-state index contributed by atoms with van der Waals surface area (Å²) in [6, 6.07) is 11.8. The molecule has 0 heterocycles. The minimum atomic E-state index is -0.749. The van der Waals surface area contributed by atoms with Crippen LogP contribution in [0.15, 0.2) is 45.3 Å². The maximum Gasteiger partial charge on any atom is 0.245 e. The van der Waals surface area contributed by atoms with Crippen molar-refractivity contribution >= 4 is 31.9 Å².